The monoisotopic (exact) mass is 184 g/mol. The molecule has 2 nitrogen and oxygen atoms in total. The van der Waals surface area contributed by atoms with Crippen molar-refractivity contribution in [2.45, 2.75) is 33.0 Å². The first kappa shape index (κ1) is 10.7. The van der Waals surface area contributed by atoms with Crippen LogP contribution in [-0.2, 0) is 9.47 Å². The van der Waals surface area contributed by atoms with E-state index in [2.05, 4.69) is 19.9 Å². The molecule has 0 saturated heterocycles. The van der Waals surface area contributed by atoms with E-state index in [1.807, 2.05) is 0 Å². The molecule has 0 aromatic rings. The summed E-state index contributed by atoms with van der Waals surface area (Å²) >= 11 is 0. The topological polar surface area (TPSA) is 18.5 Å². The van der Waals surface area contributed by atoms with Crippen LogP contribution in [0.15, 0.2) is 11.6 Å². The molecule has 1 unspecified atom stereocenters. The summed E-state index contributed by atoms with van der Waals surface area (Å²) < 4.78 is 10.6. The molecule has 0 amide bonds. The van der Waals surface area contributed by atoms with Crippen LogP contribution in [0, 0.1) is 11.8 Å². The number of hydrogen-bond donors (Lipinski definition) is 0. The summed E-state index contributed by atoms with van der Waals surface area (Å²) in [7, 11) is 3.43. The molecule has 0 aromatic heterocycles. The van der Waals surface area contributed by atoms with E-state index in [1.165, 1.54) is 18.4 Å². The molecular weight excluding hydrogens is 164 g/mol. The van der Waals surface area contributed by atoms with E-state index in [9.17, 15) is 0 Å². The fraction of sp³-hybridized carbons (Fsp3) is 0.818. The van der Waals surface area contributed by atoms with E-state index in [4.69, 9.17) is 9.47 Å². The van der Waals surface area contributed by atoms with Gasteiger partial charge in [-0.2, -0.15) is 0 Å². The van der Waals surface area contributed by atoms with Crippen molar-refractivity contribution >= 4 is 0 Å². The Kier molecular flexibility index (Phi) is 3.94. The van der Waals surface area contributed by atoms with E-state index in [0.29, 0.717) is 11.8 Å². The molecular formula is C11H20O2. The number of rotatable bonds is 3. The molecule has 2 atom stereocenters. The van der Waals surface area contributed by atoms with Crippen LogP contribution in [-0.4, -0.2) is 20.5 Å². The molecule has 2 heteroatoms. The molecule has 0 fully saturated rings. The molecule has 0 heterocycles. The summed E-state index contributed by atoms with van der Waals surface area (Å²) in [6.45, 7) is 4.43. The molecule has 1 rings (SSSR count). The highest BCUT2D eigenvalue weighted by Gasteiger charge is 2.27. The van der Waals surface area contributed by atoms with Gasteiger partial charge in [-0.3, -0.25) is 0 Å². The van der Waals surface area contributed by atoms with Gasteiger partial charge in [-0.05, 0) is 25.7 Å². The predicted molar refractivity (Wildman–Crippen MR) is 53.5 cm³/mol. The zero-order chi connectivity index (χ0) is 9.84. The smallest absolute Gasteiger partial charge is 0.160 e. The summed E-state index contributed by atoms with van der Waals surface area (Å²) in [4.78, 5) is 0. The van der Waals surface area contributed by atoms with E-state index < -0.39 is 0 Å². The standard InChI is InChI=1S/C11H20O2/c1-8-5-6-10(9(2)7-8)11(12-3)13-4/h7,9-11H,5-6H2,1-4H3/t9-,10?/m0/s1. The Bertz CT molecular complexity index is 183. The Hall–Kier alpha value is -0.340. The van der Waals surface area contributed by atoms with Crippen LogP contribution >= 0.6 is 0 Å². The van der Waals surface area contributed by atoms with Crippen molar-refractivity contribution in [3.63, 3.8) is 0 Å². The zero-order valence-corrected chi connectivity index (χ0v) is 9.04. The largest absolute Gasteiger partial charge is 0.356 e. The summed E-state index contributed by atoms with van der Waals surface area (Å²) in [6, 6.07) is 0. The maximum Gasteiger partial charge on any atom is 0.160 e. The Morgan fingerprint density at radius 1 is 1.38 bits per heavy atom. The summed E-state index contributed by atoms with van der Waals surface area (Å²) in [5.74, 6) is 1.08. The molecule has 0 aliphatic heterocycles. The van der Waals surface area contributed by atoms with Gasteiger partial charge in [0, 0.05) is 20.1 Å². The van der Waals surface area contributed by atoms with Gasteiger partial charge < -0.3 is 9.47 Å². The van der Waals surface area contributed by atoms with Gasteiger partial charge in [0.1, 0.15) is 0 Å². The summed E-state index contributed by atoms with van der Waals surface area (Å²) in [5.41, 5.74) is 1.50. The van der Waals surface area contributed by atoms with Crippen LogP contribution in [0.2, 0.25) is 0 Å². The van der Waals surface area contributed by atoms with Crippen LogP contribution in [0.3, 0.4) is 0 Å². The van der Waals surface area contributed by atoms with Crippen molar-refractivity contribution in [1.82, 2.24) is 0 Å². The fourth-order valence-corrected chi connectivity index (χ4v) is 2.14. The van der Waals surface area contributed by atoms with Crippen molar-refractivity contribution in [3.8, 4) is 0 Å². The van der Waals surface area contributed by atoms with Gasteiger partial charge >= 0.3 is 0 Å². The second-order valence-corrected chi connectivity index (χ2v) is 3.91. The van der Waals surface area contributed by atoms with Gasteiger partial charge in [-0.25, -0.2) is 0 Å². The van der Waals surface area contributed by atoms with Crippen molar-refractivity contribution in [2.75, 3.05) is 14.2 Å². The Balaban J connectivity index is 2.61. The highest BCUT2D eigenvalue weighted by Crippen LogP contribution is 2.31. The molecule has 0 N–H and O–H groups in total. The van der Waals surface area contributed by atoms with Crippen molar-refractivity contribution in [3.05, 3.63) is 11.6 Å². The van der Waals surface area contributed by atoms with Gasteiger partial charge in [-0.1, -0.05) is 18.6 Å². The third-order valence-corrected chi connectivity index (χ3v) is 2.91. The highest BCUT2D eigenvalue weighted by atomic mass is 16.7. The minimum atomic E-state index is -0.0423. The minimum absolute atomic E-state index is 0.0423. The van der Waals surface area contributed by atoms with E-state index >= 15 is 0 Å². The first-order valence-electron chi connectivity index (χ1n) is 4.92. The van der Waals surface area contributed by atoms with Crippen LogP contribution in [0.5, 0.6) is 0 Å². The molecule has 0 bridgehead atoms. The molecule has 1 aliphatic rings. The van der Waals surface area contributed by atoms with Crippen LogP contribution in [0.25, 0.3) is 0 Å². The lowest BCUT2D eigenvalue weighted by atomic mass is 9.82. The molecule has 13 heavy (non-hydrogen) atoms. The second kappa shape index (κ2) is 4.77. The van der Waals surface area contributed by atoms with Gasteiger partial charge in [0.25, 0.3) is 0 Å². The molecule has 1 aliphatic carbocycles. The first-order chi connectivity index (χ1) is 6.19. The Morgan fingerprint density at radius 2 is 2.00 bits per heavy atom. The third kappa shape index (κ3) is 2.55. The molecule has 0 radical (unpaired) electrons. The van der Waals surface area contributed by atoms with E-state index in [-0.39, 0.29) is 6.29 Å². The van der Waals surface area contributed by atoms with E-state index in [1.54, 1.807) is 14.2 Å². The van der Waals surface area contributed by atoms with Crippen LogP contribution < -0.4 is 0 Å². The number of ether oxygens (including phenoxy) is 2. The summed E-state index contributed by atoms with van der Waals surface area (Å²) in [5, 5.41) is 0. The number of hydrogen-bond acceptors (Lipinski definition) is 2. The van der Waals surface area contributed by atoms with Crippen LogP contribution in [0.4, 0.5) is 0 Å². The maximum atomic E-state index is 5.29. The zero-order valence-electron chi connectivity index (χ0n) is 9.04. The fourth-order valence-electron chi connectivity index (χ4n) is 2.14. The average Bonchev–Trinajstić information content (AvgIpc) is 2.10. The molecule has 76 valence electrons. The molecule has 0 saturated carbocycles. The molecule has 0 aromatic carbocycles. The average molecular weight is 184 g/mol. The Morgan fingerprint density at radius 3 is 2.46 bits per heavy atom. The van der Waals surface area contributed by atoms with Crippen molar-refractivity contribution in [2.24, 2.45) is 11.8 Å². The SMILES string of the molecule is COC(OC)C1CCC(C)=C[C@@H]1C. The van der Waals surface area contributed by atoms with Crippen molar-refractivity contribution in [1.29, 1.82) is 0 Å². The lowest BCUT2D eigenvalue weighted by Gasteiger charge is -2.31. The third-order valence-electron chi connectivity index (χ3n) is 2.91. The van der Waals surface area contributed by atoms with E-state index in [0.717, 1.165) is 0 Å². The first-order valence-corrected chi connectivity index (χ1v) is 4.92. The lowest BCUT2D eigenvalue weighted by Crippen LogP contribution is -2.31. The predicted octanol–water partition coefficient (Wildman–Crippen LogP) is 2.60. The van der Waals surface area contributed by atoms with Gasteiger partial charge in [0.05, 0.1) is 0 Å². The highest BCUT2D eigenvalue weighted by molar-refractivity contribution is 5.06. The van der Waals surface area contributed by atoms with Crippen LogP contribution in [0.1, 0.15) is 26.7 Å². The normalized spacial score (nSPS) is 29.2. The van der Waals surface area contributed by atoms with Crippen molar-refractivity contribution < 1.29 is 9.47 Å². The Labute approximate surface area is 80.9 Å². The number of allylic oxidation sites excluding steroid dienone is 2. The number of methoxy groups -OCH3 is 2. The minimum Gasteiger partial charge on any atom is -0.356 e. The van der Waals surface area contributed by atoms with Gasteiger partial charge in [0.2, 0.25) is 0 Å². The second-order valence-electron chi connectivity index (χ2n) is 3.91. The van der Waals surface area contributed by atoms with Gasteiger partial charge in [-0.15, -0.1) is 0 Å². The quantitative estimate of drug-likeness (QED) is 0.496. The maximum absolute atomic E-state index is 5.29. The van der Waals surface area contributed by atoms with Gasteiger partial charge in [0.15, 0.2) is 6.29 Å². The lowest BCUT2D eigenvalue weighted by molar-refractivity contribution is -0.147. The summed E-state index contributed by atoms with van der Waals surface area (Å²) in [6.07, 6.45) is 4.65. The molecule has 0 spiro atoms.